The second-order valence-electron chi connectivity index (χ2n) is 17.3. The van der Waals surface area contributed by atoms with Crippen LogP contribution in [0.4, 0.5) is 11.4 Å². The Balaban J connectivity index is 0.000000126. The molecule has 0 spiro atoms. The average Bonchev–Trinajstić information content (AvgIpc) is 4.10. The summed E-state index contributed by atoms with van der Waals surface area (Å²) in [6.45, 7) is 6.31. The summed E-state index contributed by atoms with van der Waals surface area (Å²) in [6.07, 6.45) is 4.22. The van der Waals surface area contributed by atoms with Crippen molar-refractivity contribution in [3.63, 3.8) is 0 Å². The number of nitrogens with zero attached hydrogens (tertiary/aromatic N) is 3. The highest BCUT2D eigenvalue weighted by Crippen LogP contribution is 2.33. The molecule has 0 amide bonds. The lowest BCUT2D eigenvalue weighted by molar-refractivity contribution is 0.0663. The molecule has 0 aliphatic carbocycles. The van der Waals surface area contributed by atoms with Crippen LogP contribution in [0.1, 0.15) is 29.8 Å². The van der Waals surface area contributed by atoms with Gasteiger partial charge in [-0.2, -0.15) is 0 Å². The van der Waals surface area contributed by atoms with Gasteiger partial charge in [0.1, 0.15) is 16.7 Å². The first-order valence-electron chi connectivity index (χ1n) is 24.1. The number of nitrogens with two attached hydrogens (primary N) is 1. The number of rotatable bonds is 4. The van der Waals surface area contributed by atoms with Crippen molar-refractivity contribution in [3.05, 3.63) is 191 Å². The summed E-state index contributed by atoms with van der Waals surface area (Å²) in [6, 6.07) is 43.4. The van der Waals surface area contributed by atoms with Gasteiger partial charge in [0.2, 0.25) is 5.76 Å². The Labute approximate surface area is 464 Å². The predicted molar refractivity (Wildman–Crippen MR) is 317 cm³/mol. The summed E-state index contributed by atoms with van der Waals surface area (Å²) < 4.78 is 20.7. The number of thiol groups is 1. The van der Waals surface area contributed by atoms with E-state index < -0.39 is 5.97 Å². The lowest BCUT2D eigenvalue weighted by Crippen LogP contribution is -2.43. The van der Waals surface area contributed by atoms with Crippen LogP contribution in [0.3, 0.4) is 0 Å². The number of para-hydroxylation sites is 3. The van der Waals surface area contributed by atoms with Crippen LogP contribution in [0.2, 0.25) is 0 Å². The molecule has 5 aromatic heterocycles. The molecule has 5 N–H and O–H groups in total. The zero-order chi connectivity index (χ0) is 53.1. The zero-order valence-corrected chi connectivity index (χ0v) is 46.2. The first-order chi connectivity index (χ1) is 36.9. The summed E-state index contributed by atoms with van der Waals surface area (Å²) in [5.41, 5.74) is 10.1. The average molecular weight is 1200 g/mol. The predicted octanol–water partition coefficient (Wildman–Crippen LogP) is 12.9. The van der Waals surface area contributed by atoms with E-state index in [-0.39, 0.29) is 27.6 Å². The number of nitrogens with one attached hydrogen (secondary N) is 2. The summed E-state index contributed by atoms with van der Waals surface area (Å²) >= 11 is 13.7. The number of aromatic nitrogens is 2. The standard InChI is InChI=1S/C20H17N3O2S.C16H8BrNO2S.C10H5BrO4.C6H7NS.C5H11N/c24-16-12-18(20-22-15-3-1-2-4-19(15)26-20)25-17-6-5-13(11-14(16)17)23-9-7-21-8-10-23;17-9-5-6-13-10(7-9)12(19)8-14(20-13)16-18-11-3-1-2-4-15(11)21-16;11-5-1-2-8-6(3-5)7(12)4-9(15-8)10(13)14;7-5-3-1-2-4-6(5)8;1-2-4-6-5-3-1/h1-6,11-12,21H,7-10H2;1-8H;1-4H,(H,13,14);1-4,8H,7H2;6H,1-5H2. The molecule has 11 aromatic rings. The van der Waals surface area contributed by atoms with E-state index >= 15 is 0 Å². The number of nitrogen functional groups attached to an aromatic ring is 1. The number of fused-ring (bicyclic) bond motifs is 5. The van der Waals surface area contributed by atoms with Gasteiger partial charge in [-0.1, -0.05) is 74.7 Å². The molecular weight excluding hydrogens is 1150 g/mol. The summed E-state index contributed by atoms with van der Waals surface area (Å²) in [5.74, 6) is -0.568. The van der Waals surface area contributed by atoms with E-state index in [1.54, 1.807) is 36.4 Å². The molecule has 2 fully saturated rings. The van der Waals surface area contributed by atoms with Crippen molar-refractivity contribution in [1.29, 1.82) is 0 Å². The summed E-state index contributed by atoms with van der Waals surface area (Å²) in [5, 5.41) is 18.3. The zero-order valence-electron chi connectivity index (χ0n) is 40.5. The highest BCUT2D eigenvalue weighted by molar-refractivity contribution is 9.10. The van der Waals surface area contributed by atoms with E-state index in [0.717, 1.165) is 87.9 Å². The molecule has 386 valence electrons. The number of piperidine rings is 1. The molecule has 2 saturated heterocycles. The Bertz CT molecular complexity index is 3940. The Hall–Kier alpha value is -6.97. The Kier molecular flexibility index (Phi) is 17.9. The fraction of sp³-hybridized carbons (Fsp3) is 0.158. The number of hydrogen-bond donors (Lipinski definition) is 5. The minimum Gasteiger partial charge on any atom is -0.475 e. The highest BCUT2D eigenvalue weighted by atomic mass is 79.9. The molecule has 2 aliphatic rings. The second kappa shape index (κ2) is 25.2. The third kappa shape index (κ3) is 13.5. The van der Waals surface area contributed by atoms with Crippen molar-refractivity contribution in [2.24, 2.45) is 0 Å². The first-order valence-corrected chi connectivity index (χ1v) is 27.7. The number of halogens is 2. The minimum atomic E-state index is -1.25. The van der Waals surface area contributed by atoms with Gasteiger partial charge in [-0.3, -0.25) is 14.4 Å². The monoisotopic (exact) mass is 1200 g/mol. The van der Waals surface area contributed by atoms with E-state index in [2.05, 4.69) is 70.0 Å². The molecule has 0 saturated carbocycles. The van der Waals surface area contributed by atoms with Gasteiger partial charge in [-0.25, -0.2) is 14.8 Å². The van der Waals surface area contributed by atoms with Gasteiger partial charge in [0.05, 0.1) is 36.6 Å². The van der Waals surface area contributed by atoms with E-state index in [4.69, 9.17) is 24.1 Å². The molecule has 14 nitrogen and oxygen atoms in total. The molecule has 0 unspecified atom stereocenters. The van der Waals surface area contributed by atoms with Gasteiger partial charge in [0, 0.05) is 69.6 Å². The van der Waals surface area contributed by atoms with E-state index in [9.17, 15) is 19.2 Å². The van der Waals surface area contributed by atoms with Crippen LogP contribution in [0.25, 0.3) is 74.9 Å². The maximum atomic E-state index is 12.7. The van der Waals surface area contributed by atoms with Crippen LogP contribution >= 0.6 is 67.2 Å². The number of carbonyl (C=O) groups is 1. The van der Waals surface area contributed by atoms with Crippen LogP contribution in [0.5, 0.6) is 0 Å². The number of aromatic carboxylic acids is 1. The molecule has 13 rings (SSSR count). The molecule has 0 atom stereocenters. The molecule has 76 heavy (non-hydrogen) atoms. The first kappa shape index (κ1) is 53.8. The third-order valence-electron chi connectivity index (χ3n) is 11.9. The molecule has 6 aromatic carbocycles. The smallest absolute Gasteiger partial charge is 0.371 e. The van der Waals surface area contributed by atoms with Crippen LogP contribution < -0.4 is 37.6 Å². The van der Waals surface area contributed by atoms with Crippen molar-refractivity contribution in [1.82, 2.24) is 20.6 Å². The maximum Gasteiger partial charge on any atom is 0.371 e. The summed E-state index contributed by atoms with van der Waals surface area (Å²) in [4.78, 5) is 59.3. The maximum absolute atomic E-state index is 12.7. The highest BCUT2D eigenvalue weighted by Gasteiger charge is 2.16. The van der Waals surface area contributed by atoms with Gasteiger partial charge in [-0.05, 0) is 117 Å². The molecule has 0 radical (unpaired) electrons. The number of thiazole rings is 2. The minimum absolute atomic E-state index is 0.0301. The molecular formula is C57H48Br2N6O8S3. The van der Waals surface area contributed by atoms with Crippen LogP contribution in [0, 0.1) is 0 Å². The number of carboxylic acids is 1. The van der Waals surface area contributed by atoms with Gasteiger partial charge in [0.15, 0.2) is 37.8 Å². The van der Waals surface area contributed by atoms with Crippen LogP contribution in [-0.4, -0.2) is 60.3 Å². The fourth-order valence-corrected chi connectivity index (χ4v) is 10.8. The third-order valence-corrected chi connectivity index (χ3v) is 15.4. The van der Waals surface area contributed by atoms with Crippen LogP contribution in [-0.2, 0) is 0 Å². The number of piperazine rings is 1. The van der Waals surface area contributed by atoms with Gasteiger partial charge in [-0.15, -0.1) is 35.3 Å². The quantitative estimate of drug-likeness (QED) is 0.0821. The number of hydrogen-bond acceptors (Lipinski definition) is 16. The SMILES string of the molecule is C1CCNCC1.Nc1ccccc1S.O=C(O)c1cc(=O)c2cc(Br)ccc2o1.O=c1cc(-c2nc3ccccc3s2)oc2ccc(Br)cc12.O=c1cc(-c2nc3ccccc3s2)oc2ccc(N3CCNCC3)cc12. The van der Waals surface area contributed by atoms with E-state index in [0.29, 0.717) is 38.8 Å². The van der Waals surface area contributed by atoms with Crippen molar-refractivity contribution < 1.29 is 23.2 Å². The lowest BCUT2D eigenvalue weighted by Gasteiger charge is -2.29. The molecule has 19 heteroatoms. The fourth-order valence-electron chi connectivity index (χ4n) is 8.08. The largest absolute Gasteiger partial charge is 0.475 e. The Morgan fingerprint density at radius 3 is 1.53 bits per heavy atom. The van der Waals surface area contributed by atoms with E-state index in [1.807, 2.05) is 97.1 Å². The molecule has 7 heterocycles. The van der Waals surface area contributed by atoms with Crippen molar-refractivity contribution >= 4 is 138 Å². The van der Waals surface area contributed by atoms with Crippen molar-refractivity contribution in [2.45, 2.75) is 24.2 Å². The normalized spacial score (nSPS) is 13.2. The Morgan fingerprint density at radius 2 is 1.05 bits per heavy atom. The number of anilines is 2. The molecule has 0 bridgehead atoms. The summed E-state index contributed by atoms with van der Waals surface area (Å²) in [7, 11) is 0. The van der Waals surface area contributed by atoms with Crippen molar-refractivity contribution in [3.8, 4) is 21.5 Å². The van der Waals surface area contributed by atoms with Gasteiger partial charge in [0.25, 0.3) is 0 Å². The Morgan fingerprint density at radius 1 is 0.579 bits per heavy atom. The molecule has 2 aliphatic heterocycles. The lowest BCUT2D eigenvalue weighted by atomic mass is 10.1. The number of carboxylic acid groups (broad SMARTS) is 1. The van der Waals surface area contributed by atoms with Gasteiger partial charge >= 0.3 is 5.97 Å². The van der Waals surface area contributed by atoms with Crippen LogP contribution in [0.15, 0.2) is 187 Å². The van der Waals surface area contributed by atoms with Gasteiger partial charge < -0.3 is 39.6 Å². The van der Waals surface area contributed by atoms with E-state index in [1.165, 1.54) is 61.1 Å². The number of benzene rings is 6. The van der Waals surface area contributed by atoms with Crippen molar-refractivity contribution in [2.75, 3.05) is 49.9 Å². The second-order valence-corrected chi connectivity index (χ2v) is 21.6. The topological polar surface area (TPSA) is 207 Å².